The van der Waals surface area contributed by atoms with Gasteiger partial charge in [0.1, 0.15) is 17.8 Å². The molecule has 0 saturated heterocycles. The van der Waals surface area contributed by atoms with Crippen molar-refractivity contribution in [2.45, 2.75) is 64.6 Å². The molecule has 1 amide bonds. The van der Waals surface area contributed by atoms with Gasteiger partial charge in [-0.2, -0.15) is 0 Å². The number of pyridine rings is 2. The number of fused-ring (bicyclic) bond motifs is 1. The first kappa shape index (κ1) is 20.8. The Labute approximate surface area is 188 Å². The van der Waals surface area contributed by atoms with Crippen LogP contribution in [0.2, 0.25) is 0 Å². The van der Waals surface area contributed by atoms with Crippen LogP contribution in [0.4, 0.5) is 5.82 Å². The van der Waals surface area contributed by atoms with Crippen molar-refractivity contribution in [3.05, 3.63) is 53.1 Å². The molecule has 0 aromatic carbocycles. The summed E-state index contributed by atoms with van der Waals surface area (Å²) in [5.74, 6) is 1.85. The summed E-state index contributed by atoms with van der Waals surface area (Å²) in [7, 11) is 1.91. The van der Waals surface area contributed by atoms with E-state index in [-0.39, 0.29) is 5.91 Å². The minimum atomic E-state index is -0.00670. The van der Waals surface area contributed by atoms with Crippen LogP contribution in [-0.2, 0) is 13.1 Å². The van der Waals surface area contributed by atoms with Crippen molar-refractivity contribution >= 4 is 11.7 Å². The lowest BCUT2D eigenvalue weighted by Gasteiger charge is -2.18. The van der Waals surface area contributed by atoms with Crippen LogP contribution < -0.4 is 10.2 Å². The van der Waals surface area contributed by atoms with E-state index in [9.17, 15) is 4.79 Å². The smallest absolute Gasteiger partial charge is 0.260 e. The molecule has 8 nitrogen and oxygen atoms in total. The first-order chi connectivity index (χ1) is 15.6. The van der Waals surface area contributed by atoms with Gasteiger partial charge in [-0.25, -0.2) is 4.98 Å². The van der Waals surface area contributed by atoms with E-state index in [0.29, 0.717) is 30.9 Å². The average Bonchev–Trinajstić information content (AvgIpc) is 3.46. The molecule has 0 radical (unpaired) electrons. The van der Waals surface area contributed by atoms with Gasteiger partial charge in [-0.15, -0.1) is 10.2 Å². The maximum atomic E-state index is 13.4. The Balaban J connectivity index is 1.50. The van der Waals surface area contributed by atoms with Crippen molar-refractivity contribution in [1.82, 2.24) is 30.0 Å². The first-order valence-corrected chi connectivity index (χ1v) is 11.5. The molecule has 1 fully saturated rings. The highest BCUT2D eigenvalue weighted by Gasteiger charge is 2.35. The predicted octanol–water partition coefficient (Wildman–Crippen LogP) is 3.85. The molecule has 0 bridgehead atoms. The zero-order chi connectivity index (χ0) is 22.2. The number of hydrogen-bond acceptors (Lipinski definition) is 6. The predicted molar refractivity (Wildman–Crippen MR) is 122 cm³/mol. The number of hydrogen-bond donors (Lipinski definition) is 1. The fourth-order valence-corrected chi connectivity index (χ4v) is 4.55. The zero-order valence-electron chi connectivity index (χ0n) is 18.9. The quantitative estimate of drug-likeness (QED) is 0.583. The number of carbonyl (C=O) groups excluding carboxylic acids is 1. The number of nitrogens with zero attached hydrogens (tertiary/aromatic N) is 6. The Morgan fingerprint density at radius 3 is 2.72 bits per heavy atom. The molecule has 3 aromatic heterocycles. The second kappa shape index (κ2) is 8.43. The van der Waals surface area contributed by atoms with E-state index in [1.54, 1.807) is 11.2 Å². The fraction of sp³-hybridized carbons (Fsp3) is 0.458. The molecule has 0 unspecified atom stereocenters. The van der Waals surface area contributed by atoms with Gasteiger partial charge in [-0.1, -0.05) is 19.9 Å². The van der Waals surface area contributed by atoms with Crippen molar-refractivity contribution < 1.29 is 4.79 Å². The Hall–Kier alpha value is -3.13. The van der Waals surface area contributed by atoms with Crippen molar-refractivity contribution in [3.8, 4) is 11.5 Å². The monoisotopic (exact) mass is 431 g/mol. The minimum absolute atomic E-state index is 0.00670. The summed E-state index contributed by atoms with van der Waals surface area (Å²) in [5, 5.41) is 11.7. The van der Waals surface area contributed by atoms with E-state index in [1.807, 2.05) is 31.3 Å². The lowest BCUT2D eigenvalue weighted by molar-refractivity contribution is 0.0996. The summed E-state index contributed by atoms with van der Waals surface area (Å²) in [6, 6.07) is 8.07. The van der Waals surface area contributed by atoms with Crippen molar-refractivity contribution in [2.24, 2.45) is 0 Å². The Morgan fingerprint density at radius 2 is 2.00 bits per heavy atom. The van der Waals surface area contributed by atoms with Gasteiger partial charge in [0.2, 0.25) is 0 Å². The van der Waals surface area contributed by atoms with Crippen LogP contribution in [0.25, 0.3) is 11.5 Å². The van der Waals surface area contributed by atoms with Gasteiger partial charge >= 0.3 is 0 Å². The molecule has 1 aliphatic carbocycles. The van der Waals surface area contributed by atoms with E-state index in [0.717, 1.165) is 59.7 Å². The maximum Gasteiger partial charge on any atom is 0.260 e. The van der Waals surface area contributed by atoms with Crippen molar-refractivity contribution in [1.29, 1.82) is 0 Å². The molecule has 1 aliphatic heterocycles. The summed E-state index contributed by atoms with van der Waals surface area (Å²) >= 11 is 0. The molecule has 166 valence electrons. The summed E-state index contributed by atoms with van der Waals surface area (Å²) in [6.07, 6.45) is 6.07. The number of amides is 1. The molecule has 0 atom stereocenters. The number of aromatic nitrogens is 5. The van der Waals surface area contributed by atoms with E-state index in [4.69, 9.17) is 9.97 Å². The van der Waals surface area contributed by atoms with E-state index in [2.05, 4.69) is 33.9 Å². The van der Waals surface area contributed by atoms with E-state index in [1.165, 1.54) is 0 Å². The van der Waals surface area contributed by atoms with Gasteiger partial charge in [-0.05, 0) is 50.9 Å². The lowest BCUT2D eigenvalue weighted by Crippen LogP contribution is -2.24. The lowest BCUT2D eigenvalue weighted by atomic mass is 10.1. The maximum absolute atomic E-state index is 13.4. The van der Waals surface area contributed by atoms with Crippen LogP contribution >= 0.6 is 0 Å². The zero-order valence-corrected chi connectivity index (χ0v) is 18.9. The average molecular weight is 432 g/mol. The Kier molecular flexibility index (Phi) is 5.46. The Bertz CT molecular complexity index is 1150. The molecule has 3 aromatic rings. The summed E-state index contributed by atoms with van der Waals surface area (Å²) in [5.41, 5.74) is 4.50. The highest BCUT2D eigenvalue weighted by atomic mass is 16.2. The van der Waals surface area contributed by atoms with Gasteiger partial charge in [0.05, 0.1) is 12.2 Å². The van der Waals surface area contributed by atoms with Gasteiger partial charge in [-0.3, -0.25) is 14.7 Å². The second-order valence-electron chi connectivity index (χ2n) is 8.63. The molecule has 32 heavy (non-hydrogen) atoms. The van der Waals surface area contributed by atoms with Crippen molar-refractivity contribution in [3.63, 3.8) is 0 Å². The third-order valence-electron chi connectivity index (χ3n) is 6.51. The number of rotatable bonds is 8. The van der Waals surface area contributed by atoms with Crippen LogP contribution in [0.1, 0.15) is 78.8 Å². The van der Waals surface area contributed by atoms with Crippen LogP contribution in [0.3, 0.4) is 0 Å². The number of anilines is 1. The topological polar surface area (TPSA) is 88.8 Å². The third kappa shape index (κ3) is 3.58. The molecule has 0 spiro atoms. The Morgan fingerprint density at radius 1 is 1.19 bits per heavy atom. The summed E-state index contributed by atoms with van der Waals surface area (Å²) in [4.78, 5) is 24.9. The number of carbonyl (C=O) groups is 1. The van der Waals surface area contributed by atoms with Gasteiger partial charge in [0.25, 0.3) is 5.91 Å². The van der Waals surface area contributed by atoms with Gasteiger partial charge in [0, 0.05) is 35.3 Å². The third-order valence-corrected chi connectivity index (χ3v) is 6.51. The van der Waals surface area contributed by atoms with Crippen LogP contribution in [0.5, 0.6) is 0 Å². The van der Waals surface area contributed by atoms with E-state index >= 15 is 0 Å². The second-order valence-corrected chi connectivity index (χ2v) is 8.63. The molecule has 4 heterocycles. The molecule has 1 N–H and O–H groups in total. The van der Waals surface area contributed by atoms with Crippen LogP contribution in [0.15, 0.2) is 30.6 Å². The van der Waals surface area contributed by atoms with Gasteiger partial charge < -0.3 is 9.88 Å². The number of nitrogens with one attached hydrogen (secondary N) is 1. The highest BCUT2D eigenvalue weighted by Crippen LogP contribution is 2.41. The molecular formula is C24H29N7O. The normalized spacial score (nSPS) is 15.6. The highest BCUT2D eigenvalue weighted by molar-refractivity contribution is 6.09. The fourth-order valence-electron chi connectivity index (χ4n) is 4.55. The first-order valence-electron chi connectivity index (χ1n) is 11.5. The van der Waals surface area contributed by atoms with Crippen LogP contribution in [0, 0.1) is 0 Å². The van der Waals surface area contributed by atoms with Crippen LogP contribution in [-0.4, -0.2) is 37.7 Å². The molecule has 5 rings (SSSR count). The van der Waals surface area contributed by atoms with E-state index < -0.39 is 0 Å². The SMILES string of the molecule is CCC(CC)n1cnnc1-c1cccc(N2Cc3c(cc(C4CC4)nc3CNC)C2=O)n1. The van der Waals surface area contributed by atoms with Crippen molar-refractivity contribution in [2.75, 3.05) is 11.9 Å². The summed E-state index contributed by atoms with van der Waals surface area (Å²) in [6.45, 7) is 5.46. The standard InChI is InChI=1S/C24H29N7O/c1-4-16(5-2)31-14-26-29-23(31)19-7-6-8-22(28-19)30-13-18-17(24(30)32)11-20(15-9-10-15)27-21(18)12-25-3/h6-8,11,14-16,25H,4-5,9-10,12-13H2,1-3H3. The molecule has 2 aliphatic rings. The molecular weight excluding hydrogens is 402 g/mol. The minimum Gasteiger partial charge on any atom is -0.314 e. The van der Waals surface area contributed by atoms with Gasteiger partial charge in [0.15, 0.2) is 5.82 Å². The molecule has 1 saturated carbocycles. The summed E-state index contributed by atoms with van der Waals surface area (Å²) < 4.78 is 2.09. The molecule has 8 heteroatoms. The largest absolute Gasteiger partial charge is 0.314 e.